The Hall–Kier alpha value is -4.60. The number of nitrogens with one attached hydrogen (secondary N) is 2. The zero-order valence-electron chi connectivity index (χ0n) is 25.4. The molecule has 0 aromatic heterocycles. The van der Waals surface area contributed by atoms with Gasteiger partial charge in [0.2, 0.25) is 0 Å². The van der Waals surface area contributed by atoms with Crippen molar-refractivity contribution >= 4 is 76.1 Å². The lowest BCUT2D eigenvalue weighted by molar-refractivity contribution is 0.414. The Morgan fingerprint density at radius 1 is 0.241 bits per heavy atom. The predicted molar refractivity (Wildman–Crippen MR) is 164 cm³/mol. The molecule has 0 saturated carbocycles. The van der Waals surface area contributed by atoms with Crippen LogP contribution in [-0.2, 0) is 0 Å². The van der Waals surface area contributed by atoms with Gasteiger partial charge in [-0.1, -0.05) is 21.6 Å². The van der Waals surface area contributed by atoms with Crippen molar-refractivity contribution in [3.05, 3.63) is 105 Å². The van der Waals surface area contributed by atoms with Gasteiger partial charge in [0.15, 0.2) is 81.4 Å². The van der Waals surface area contributed by atoms with Gasteiger partial charge in [-0.3, -0.25) is 0 Å². The summed E-state index contributed by atoms with van der Waals surface area (Å²) in [7, 11) is 1.65. The molecular weight excluding hydrogens is 818 g/mol. The van der Waals surface area contributed by atoms with E-state index >= 15 is 17.6 Å². The summed E-state index contributed by atoms with van der Waals surface area (Å²) in [5.41, 5.74) is -2.88. The molecule has 0 saturated heterocycles. The third kappa shape index (κ3) is 5.65. The van der Waals surface area contributed by atoms with Gasteiger partial charge in [0.05, 0.1) is 43.1 Å². The fourth-order valence-corrected chi connectivity index (χ4v) is 7.41. The molecule has 0 bridgehead atoms. The second-order valence-corrected chi connectivity index (χ2v) is 13.6. The summed E-state index contributed by atoms with van der Waals surface area (Å²) in [6.45, 7) is -1.02. The van der Waals surface area contributed by atoms with Crippen LogP contribution in [0, 0.1) is 105 Å². The maximum atomic E-state index is 15.2. The zero-order chi connectivity index (χ0) is 39.8. The van der Waals surface area contributed by atoms with E-state index in [4.69, 9.17) is 0 Å². The van der Waals surface area contributed by atoms with Crippen LogP contribution in [0.1, 0.15) is 0 Å². The van der Waals surface area contributed by atoms with Gasteiger partial charge in [0, 0.05) is 24.6 Å². The van der Waals surface area contributed by atoms with Gasteiger partial charge in [0.25, 0.3) is 0 Å². The Bertz CT molecular complexity index is 2440. The average Bonchev–Trinajstić information content (AvgIpc) is 3.13. The fourth-order valence-electron chi connectivity index (χ4n) is 5.60. The maximum absolute atomic E-state index is 15.2. The summed E-state index contributed by atoms with van der Waals surface area (Å²) in [5, 5.41) is -11.1. The lowest BCUT2D eigenvalue weighted by atomic mass is 9.98. The molecule has 286 valence electrons. The molecule has 6 rings (SSSR count). The monoisotopic (exact) mass is 828 g/mol. The highest BCUT2D eigenvalue weighted by Gasteiger charge is 2.35. The van der Waals surface area contributed by atoms with Crippen LogP contribution in [0.2, 0.25) is 0 Å². The molecule has 0 aliphatic carbocycles. The van der Waals surface area contributed by atoms with E-state index in [0.29, 0.717) is 0 Å². The van der Waals surface area contributed by atoms with E-state index in [1.165, 1.54) is 0 Å². The standard InChI is InChI=1S/C32H10F18N2S2/c33-13-5-7(19(39)27(47)25(45)17(5)37)15(35)11-9(13)21(41)29(49)31(23(11)43)51-1-3-53-54-4-2-52-32-24(44)12-10(22(42)30(32)50)14(34)6-8(16(12)36)20(40)28(48)26(46)18(6)38/h51-52H,1-4H2. The number of anilines is 2. The summed E-state index contributed by atoms with van der Waals surface area (Å²) >= 11 is 0. The van der Waals surface area contributed by atoms with Crippen LogP contribution in [0.4, 0.5) is 90.4 Å². The largest absolute Gasteiger partial charge is 0.379 e. The van der Waals surface area contributed by atoms with E-state index < -0.39 is 172 Å². The van der Waals surface area contributed by atoms with Gasteiger partial charge in [-0.25, -0.2) is 79.0 Å². The average molecular weight is 829 g/mol. The van der Waals surface area contributed by atoms with Gasteiger partial charge < -0.3 is 10.6 Å². The smallest absolute Gasteiger partial charge is 0.198 e. The van der Waals surface area contributed by atoms with Gasteiger partial charge in [-0.2, -0.15) is 0 Å². The Kier molecular flexibility index (Phi) is 10.3. The van der Waals surface area contributed by atoms with Crippen LogP contribution in [0.15, 0.2) is 0 Å². The van der Waals surface area contributed by atoms with E-state index in [-0.39, 0.29) is 11.5 Å². The number of hydrogen-bond acceptors (Lipinski definition) is 4. The number of fused-ring (bicyclic) bond motifs is 4. The molecule has 0 amide bonds. The molecule has 2 N–H and O–H groups in total. The molecule has 0 unspecified atom stereocenters. The van der Waals surface area contributed by atoms with E-state index in [1.807, 2.05) is 10.6 Å². The van der Waals surface area contributed by atoms with Crippen LogP contribution in [0.5, 0.6) is 0 Å². The van der Waals surface area contributed by atoms with E-state index in [1.54, 1.807) is 0 Å². The highest BCUT2D eigenvalue weighted by atomic mass is 33.1. The number of rotatable bonds is 9. The van der Waals surface area contributed by atoms with Crippen LogP contribution in [0.25, 0.3) is 43.1 Å². The Morgan fingerprint density at radius 3 is 0.685 bits per heavy atom. The Labute approximate surface area is 294 Å². The SMILES string of the molecule is Fc1c(F)c(F)c2c(F)c3c(F)c(NCCSSCCNc4c(F)c(F)c5c(F)c6c(F)c(F)c(F)c(F)c6c(F)c5c4F)c(F)c(F)c3c(F)c2c1F. The summed E-state index contributed by atoms with van der Waals surface area (Å²) < 4.78 is 262. The molecule has 0 aliphatic rings. The van der Waals surface area contributed by atoms with Crippen molar-refractivity contribution in [3.8, 4) is 0 Å². The first kappa shape index (κ1) is 39.1. The van der Waals surface area contributed by atoms with Crippen LogP contribution in [0.3, 0.4) is 0 Å². The van der Waals surface area contributed by atoms with Crippen molar-refractivity contribution in [1.29, 1.82) is 0 Å². The van der Waals surface area contributed by atoms with Crippen molar-refractivity contribution in [1.82, 2.24) is 0 Å². The Balaban J connectivity index is 1.17. The minimum atomic E-state index is -2.61. The molecule has 2 nitrogen and oxygen atoms in total. The Morgan fingerprint density at radius 2 is 0.444 bits per heavy atom. The molecule has 0 radical (unpaired) electrons. The van der Waals surface area contributed by atoms with Crippen LogP contribution < -0.4 is 10.6 Å². The molecule has 0 heterocycles. The van der Waals surface area contributed by atoms with Crippen LogP contribution >= 0.6 is 21.6 Å². The second kappa shape index (κ2) is 14.2. The maximum Gasteiger partial charge on any atom is 0.198 e. The van der Waals surface area contributed by atoms with Crippen molar-refractivity contribution in [2.24, 2.45) is 0 Å². The summed E-state index contributed by atoms with van der Waals surface area (Å²) in [5.74, 6) is -43.2. The topological polar surface area (TPSA) is 24.1 Å². The minimum absolute atomic E-state index is 0.188. The van der Waals surface area contributed by atoms with Crippen molar-refractivity contribution < 1.29 is 79.0 Å². The molecule has 6 aromatic carbocycles. The van der Waals surface area contributed by atoms with Gasteiger partial charge in [-0.05, 0) is 0 Å². The fraction of sp³-hybridized carbons (Fsp3) is 0.125. The quantitative estimate of drug-likeness (QED) is 0.0379. The lowest BCUT2D eigenvalue weighted by Crippen LogP contribution is -2.12. The van der Waals surface area contributed by atoms with Crippen molar-refractivity contribution in [2.45, 2.75) is 0 Å². The molecule has 0 spiro atoms. The van der Waals surface area contributed by atoms with Gasteiger partial charge >= 0.3 is 0 Å². The van der Waals surface area contributed by atoms with E-state index in [9.17, 15) is 61.5 Å². The van der Waals surface area contributed by atoms with Crippen molar-refractivity contribution in [3.63, 3.8) is 0 Å². The predicted octanol–water partition coefficient (Wildman–Crippen LogP) is 11.7. The van der Waals surface area contributed by atoms with Crippen molar-refractivity contribution in [2.75, 3.05) is 35.2 Å². The molecule has 54 heavy (non-hydrogen) atoms. The highest BCUT2D eigenvalue weighted by Crippen LogP contribution is 2.43. The third-order valence-electron chi connectivity index (χ3n) is 7.99. The molecule has 0 fully saturated rings. The number of benzene rings is 6. The summed E-state index contributed by atoms with van der Waals surface area (Å²) in [6, 6.07) is 0. The van der Waals surface area contributed by atoms with E-state index in [2.05, 4.69) is 0 Å². The second-order valence-electron chi connectivity index (χ2n) is 10.9. The van der Waals surface area contributed by atoms with Crippen LogP contribution in [-0.4, -0.2) is 24.6 Å². The number of halogens is 18. The molecule has 22 heteroatoms. The molecule has 0 aliphatic heterocycles. The first-order valence-corrected chi connectivity index (χ1v) is 16.8. The minimum Gasteiger partial charge on any atom is -0.379 e. The third-order valence-corrected chi connectivity index (χ3v) is 10.4. The first-order chi connectivity index (χ1) is 25.4. The highest BCUT2D eigenvalue weighted by molar-refractivity contribution is 8.76. The zero-order valence-corrected chi connectivity index (χ0v) is 27.1. The summed E-state index contributed by atoms with van der Waals surface area (Å²) in [6.07, 6.45) is 0. The number of hydrogen-bond donors (Lipinski definition) is 2. The molecule has 6 aromatic rings. The van der Waals surface area contributed by atoms with Gasteiger partial charge in [-0.15, -0.1) is 0 Å². The molecular formula is C32H10F18N2S2. The van der Waals surface area contributed by atoms with E-state index in [0.717, 1.165) is 21.6 Å². The molecule has 0 atom stereocenters. The lowest BCUT2D eigenvalue weighted by Gasteiger charge is -2.16. The van der Waals surface area contributed by atoms with Gasteiger partial charge in [0.1, 0.15) is 34.6 Å². The summed E-state index contributed by atoms with van der Waals surface area (Å²) in [4.78, 5) is 0. The normalized spacial score (nSPS) is 12.0. The first-order valence-electron chi connectivity index (χ1n) is 14.4.